The van der Waals surface area contributed by atoms with E-state index in [0.717, 1.165) is 25.9 Å². The summed E-state index contributed by atoms with van der Waals surface area (Å²) in [6, 6.07) is 8.41. The molecule has 19 heavy (non-hydrogen) atoms. The van der Waals surface area contributed by atoms with Gasteiger partial charge in [0.2, 0.25) is 0 Å². The number of ether oxygens (including phenoxy) is 2. The van der Waals surface area contributed by atoms with Crippen LogP contribution in [0.3, 0.4) is 0 Å². The fraction of sp³-hybridized carbons (Fsp3) is 0.625. The zero-order valence-corrected chi connectivity index (χ0v) is 11.5. The second-order valence-electron chi connectivity index (χ2n) is 5.82. The first-order valence-corrected chi connectivity index (χ1v) is 7.14. The van der Waals surface area contributed by atoms with Gasteiger partial charge < -0.3 is 14.6 Å². The zero-order valence-electron chi connectivity index (χ0n) is 11.5. The molecule has 0 spiro atoms. The van der Waals surface area contributed by atoms with E-state index >= 15 is 0 Å². The van der Waals surface area contributed by atoms with E-state index in [4.69, 9.17) is 9.47 Å². The molecular weight excluding hydrogens is 240 g/mol. The van der Waals surface area contributed by atoms with Crippen molar-refractivity contribution >= 4 is 0 Å². The summed E-state index contributed by atoms with van der Waals surface area (Å²) < 4.78 is 11.1. The van der Waals surface area contributed by atoms with Gasteiger partial charge in [0.05, 0.1) is 24.9 Å². The molecule has 1 aromatic rings. The Morgan fingerprint density at radius 2 is 2.16 bits per heavy atom. The number of hydrogen-bond acceptors (Lipinski definition) is 3. The van der Waals surface area contributed by atoms with Crippen molar-refractivity contribution in [2.45, 2.75) is 37.4 Å². The molecule has 1 heterocycles. The van der Waals surface area contributed by atoms with Gasteiger partial charge in [0, 0.05) is 13.5 Å². The average Bonchev–Trinajstić information content (AvgIpc) is 3.24. The molecule has 0 bridgehead atoms. The van der Waals surface area contributed by atoms with Gasteiger partial charge in [0.1, 0.15) is 0 Å². The topological polar surface area (TPSA) is 38.7 Å². The molecule has 1 fully saturated rings. The highest BCUT2D eigenvalue weighted by Gasteiger charge is 2.46. The fourth-order valence-corrected chi connectivity index (χ4v) is 3.18. The summed E-state index contributed by atoms with van der Waals surface area (Å²) >= 11 is 0. The Kier molecular flexibility index (Phi) is 3.61. The van der Waals surface area contributed by atoms with E-state index in [2.05, 4.69) is 18.2 Å². The summed E-state index contributed by atoms with van der Waals surface area (Å²) in [5.74, 6) is 0.380. The van der Waals surface area contributed by atoms with Crippen LogP contribution < -0.4 is 0 Å². The van der Waals surface area contributed by atoms with E-state index in [1.807, 2.05) is 6.07 Å². The SMILES string of the molecule is COCC(O)(CC1OCCc2ccccc21)C1CC1. The highest BCUT2D eigenvalue weighted by atomic mass is 16.5. The van der Waals surface area contributed by atoms with Gasteiger partial charge in [0.15, 0.2) is 0 Å². The van der Waals surface area contributed by atoms with Gasteiger partial charge in [0.25, 0.3) is 0 Å². The molecule has 1 N–H and O–H groups in total. The minimum absolute atomic E-state index is 0.00528. The third-order valence-corrected chi connectivity index (χ3v) is 4.36. The normalized spacial score (nSPS) is 25.7. The van der Waals surface area contributed by atoms with E-state index in [1.54, 1.807) is 7.11 Å². The first-order chi connectivity index (χ1) is 9.23. The Hall–Kier alpha value is -0.900. The van der Waals surface area contributed by atoms with Crippen molar-refractivity contribution in [1.82, 2.24) is 0 Å². The Balaban J connectivity index is 1.79. The van der Waals surface area contributed by atoms with E-state index in [0.29, 0.717) is 18.9 Å². The van der Waals surface area contributed by atoms with Crippen LogP contribution >= 0.6 is 0 Å². The number of benzene rings is 1. The molecule has 0 aromatic heterocycles. The van der Waals surface area contributed by atoms with E-state index in [1.165, 1.54) is 11.1 Å². The van der Waals surface area contributed by atoms with E-state index in [9.17, 15) is 5.11 Å². The molecule has 1 aliphatic carbocycles. The van der Waals surface area contributed by atoms with E-state index in [-0.39, 0.29) is 6.10 Å². The molecule has 2 unspecified atom stereocenters. The molecule has 3 nitrogen and oxygen atoms in total. The zero-order chi connectivity index (χ0) is 13.3. The molecular formula is C16H22O3. The van der Waals surface area contributed by atoms with Crippen molar-refractivity contribution in [2.24, 2.45) is 5.92 Å². The molecule has 3 rings (SSSR count). The van der Waals surface area contributed by atoms with Gasteiger partial charge in [-0.3, -0.25) is 0 Å². The lowest BCUT2D eigenvalue weighted by Crippen LogP contribution is -2.39. The van der Waals surface area contributed by atoms with Crippen molar-refractivity contribution in [3.63, 3.8) is 0 Å². The third-order valence-electron chi connectivity index (χ3n) is 4.36. The number of aliphatic hydroxyl groups is 1. The fourth-order valence-electron chi connectivity index (χ4n) is 3.18. The van der Waals surface area contributed by atoms with Crippen molar-refractivity contribution in [2.75, 3.05) is 20.3 Å². The second kappa shape index (κ2) is 5.23. The van der Waals surface area contributed by atoms with Crippen LogP contribution in [0.15, 0.2) is 24.3 Å². The molecule has 3 heteroatoms. The Labute approximate surface area is 114 Å². The first-order valence-electron chi connectivity index (χ1n) is 7.14. The monoisotopic (exact) mass is 262 g/mol. The second-order valence-corrected chi connectivity index (χ2v) is 5.82. The molecule has 104 valence electrons. The molecule has 1 aromatic carbocycles. The lowest BCUT2D eigenvalue weighted by molar-refractivity contribution is -0.0933. The van der Waals surface area contributed by atoms with Crippen LogP contribution in [-0.2, 0) is 15.9 Å². The molecule has 1 aliphatic heterocycles. The van der Waals surface area contributed by atoms with Gasteiger partial charge in [-0.1, -0.05) is 24.3 Å². The van der Waals surface area contributed by atoms with Crippen LogP contribution in [0.1, 0.15) is 36.5 Å². The van der Waals surface area contributed by atoms with Gasteiger partial charge in [-0.2, -0.15) is 0 Å². The predicted molar refractivity (Wildman–Crippen MR) is 73.0 cm³/mol. The van der Waals surface area contributed by atoms with Gasteiger partial charge in [-0.05, 0) is 36.3 Å². The van der Waals surface area contributed by atoms with Crippen molar-refractivity contribution < 1.29 is 14.6 Å². The highest BCUT2D eigenvalue weighted by Crippen LogP contribution is 2.45. The summed E-state index contributed by atoms with van der Waals surface area (Å²) in [7, 11) is 1.66. The van der Waals surface area contributed by atoms with E-state index < -0.39 is 5.60 Å². The average molecular weight is 262 g/mol. The Morgan fingerprint density at radius 1 is 1.37 bits per heavy atom. The maximum Gasteiger partial charge on any atom is 0.0935 e. The molecule has 0 radical (unpaired) electrons. The summed E-state index contributed by atoms with van der Waals surface area (Å²) in [6.45, 7) is 1.15. The molecule has 2 aliphatic rings. The van der Waals surface area contributed by atoms with Crippen LogP contribution in [0.5, 0.6) is 0 Å². The lowest BCUT2D eigenvalue weighted by Gasteiger charge is -2.34. The van der Waals surface area contributed by atoms with Crippen LogP contribution in [0, 0.1) is 5.92 Å². The van der Waals surface area contributed by atoms with Crippen molar-refractivity contribution in [3.05, 3.63) is 35.4 Å². The summed E-state index contributed by atoms with van der Waals surface area (Å²) in [5, 5.41) is 10.8. The number of hydrogen-bond donors (Lipinski definition) is 1. The molecule has 1 saturated carbocycles. The van der Waals surface area contributed by atoms with Crippen molar-refractivity contribution in [1.29, 1.82) is 0 Å². The highest BCUT2D eigenvalue weighted by molar-refractivity contribution is 5.31. The minimum Gasteiger partial charge on any atom is -0.387 e. The van der Waals surface area contributed by atoms with Crippen LogP contribution in [0.4, 0.5) is 0 Å². The maximum absolute atomic E-state index is 10.8. The standard InChI is InChI=1S/C16H22O3/c1-18-11-16(17,13-6-7-13)10-15-14-5-3-2-4-12(14)8-9-19-15/h2-5,13,15,17H,6-11H2,1H3. The van der Waals surface area contributed by atoms with Crippen molar-refractivity contribution in [3.8, 4) is 0 Å². The molecule has 2 atom stereocenters. The third kappa shape index (κ3) is 2.69. The maximum atomic E-state index is 10.8. The first kappa shape index (κ1) is 13.1. The van der Waals surface area contributed by atoms with Crippen LogP contribution in [0.25, 0.3) is 0 Å². The molecule has 0 amide bonds. The van der Waals surface area contributed by atoms with Crippen LogP contribution in [-0.4, -0.2) is 31.0 Å². The van der Waals surface area contributed by atoms with Gasteiger partial charge in [-0.15, -0.1) is 0 Å². The van der Waals surface area contributed by atoms with Gasteiger partial charge >= 0.3 is 0 Å². The summed E-state index contributed by atoms with van der Waals surface area (Å²) in [6.07, 6.45) is 3.83. The number of fused-ring (bicyclic) bond motifs is 1. The lowest BCUT2D eigenvalue weighted by atomic mass is 9.86. The number of rotatable bonds is 5. The Morgan fingerprint density at radius 3 is 2.89 bits per heavy atom. The quantitative estimate of drug-likeness (QED) is 0.886. The number of methoxy groups -OCH3 is 1. The smallest absolute Gasteiger partial charge is 0.0935 e. The Bertz CT molecular complexity index is 441. The van der Waals surface area contributed by atoms with Gasteiger partial charge in [-0.25, -0.2) is 0 Å². The summed E-state index contributed by atoms with van der Waals surface area (Å²) in [4.78, 5) is 0. The summed E-state index contributed by atoms with van der Waals surface area (Å²) in [5.41, 5.74) is 1.86. The largest absolute Gasteiger partial charge is 0.387 e. The van der Waals surface area contributed by atoms with Crippen LogP contribution in [0.2, 0.25) is 0 Å². The predicted octanol–water partition coefficient (Wildman–Crippen LogP) is 2.48. The minimum atomic E-state index is -0.732. The molecule has 0 saturated heterocycles.